The molecule has 0 aliphatic heterocycles. The summed E-state index contributed by atoms with van der Waals surface area (Å²) < 4.78 is 39.2. The van der Waals surface area contributed by atoms with E-state index in [1.807, 2.05) is 0 Å². The van der Waals surface area contributed by atoms with Crippen LogP contribution in [0.1, 0.15) is 11.4 Å². The van der Waals surface area contributed by atoms with Crippen LogP contribution in [0.3, 0.4) is 0 Å². The summed E-state index contributed by atoms with van der Waals surface area (Å²) in [5.41, 5.74) is -0.940. The van der Waals surface area contributed by atoms with Crippen LogP contribution in [0, 0.1) is 0 Å². The number of nitrogens with zero attached hydrogens (tertiary/aromatic N) is 3. The lowest BCUT2D eigenvalue weighted by molar-refractivity contribution is -0.136. The summed E-state index contributed by atoms with van der Waals surface area (Å²) in [6, 6.07) is 2.32. The molecule has 2 aromatic rings. The molecule has 0 bridgehead atoms. The zero-order valence-electron chi connectivity index (χ0n) is 8.41. The van der Waals surface area contributed by atoms with E-state index in [4.69, 9.17) is 0 Å². The quantitative estimate of drug-likeness (QED) is 0.849. The molecule has 0 amide bonds. The molecule has 0 saturated carbocycles. The second-order valence-electron chi connectivity index (χ2n) is 3.26. The van der Waals surface area contributed by atoms with Gasteiger partial charge >= 0.3 is 6.18 Å². The molecule has 0 aliphatic carbocycles. The standard InChI is InChI=1S/C9H9F3N4/c1-13-5-7-14-15-8-6(9(10,11)12)3-2-4-16(7)8/h2-4,13H,5H2,1H3. The highest BCUT2D eigenvalue weighted by atomic mass is 19.4. The van der Waals surface area contributed by atoms with E-state index >= 15 is 0 Å². The molecule has 16 heavy (non-hydrogen) atoms. The number of rotatable bonds is 2. The Hall–Kier alpha value is -1.63. The van der Waals surface area contributed by atoms with Crippen molar-refractivity contribution in [3.63, 3.8) is 0 Å². The number of hydrogen-bond donors (Lipinski definition) is 1. The highest BCUT2D eigenvalue weighted by molar-refractivity contribution is 5.49. The third-order valence-corrected chi connectivity index (χ3v) is 2.15. The second kappa shape index (κ2) is 3.75. The van der Waals surface area contributed by atoms with Gasteiger partial charge in [0.15, 0.2) is 11.5 Å². The maximum Gasteiger partial charge on any atom is 0.420 e. The average molecular weight is 230 g/mol. The van der Waals surface area contributed by atoms with Crippen molar-refractivity contribution in [2.75, 3.05) is 7.05 Å². The first kappa shape index (κ1) is 10.9. The Morgan fingerprint density at radius 2 is 2.12 bits per heavy atom. The first-order valence-corrected chi connectivity index (χ1v) is 4.58. The highest BCUT2D eigenvalue weighted by Gasteiger charge is 2.34. The summed E-state index contributed by atoms with van der Waals surface area (Å²) in [7, 11) is 1.69. The summed E-state index contributed by atoms with van der Waals surface area (Å²) in [6.45, 7) is 0.364. The Kier molecular flexibility index (Phi) is 2.55. The van der Waals surface area contributed by atoms with Gasteiger partial charge in [-0.25, -0.2) is 0 Å². The minimum Gasteiger partial charge on any atom is -0.313 e. The van der Waals surface area contributed by atoms with Crippen LogP contribution < -0.4 is 5.32 Å². The van der Waals surface area contributed by atoms with Crippen molar-refractivity contribution in [2.45, 2.75) is 12.7 Å². The zero-order valence-corrected chi connectivity index (χ0v) is 8.41. The molecule has 2 aromatic heterocycles. The SMILES string of the molecule is CNCc1nnc2c(C(F)(F)F)cccn12. The van der Waals surface area contributed by atoms with Crippen LogP contribution in [0.2, 0.25) is 0 Å². The molecule has 1 N–H and O–H groups in total. The van der Waals surface area contributed by atoms with Gasteiger partial charge in [-0.1, -0.05) is 0 Å². The van der Waals surface area contributed by atoms with E-state index in [9.17, 15) is 13.2 Å². The molecule has 0 radical (unpaired) electrons. The molecule has 0 unspecified atom stereocenters. The van der Waals surface area contributed by atoms with Crippen molar-refractivity contribution in [3.05, 3.63) is 29.7 Å². The van der Waals surface area contributed by atoms with E-state index in [0.29, 0.717) is 12.4 Å². The Morgan fingerprint density at radius 3 is 2.75 bits per heavy atom. The van der Waals surface area contributed by atoms with E-state index in [1.54, 1.807) is 7.05 Å². The topological polar surface area (TPSA) is 42.2 Å². The molecule has 4 nitrogen and oxygen atoms in total. The maximum atomic E-state index is 12.6. The van der Waals surface area contributed by atoms with Crippen molar-refractivity contribution in [1.29, 1.82) is 0 Å². The number of pyridine rings is 1. The lowest BCUT2D eigenvalue weighted by atomic mass is 10.2. The second-order valence-corrected chi connectivity index (χ2v) is 3.26. The van der Waals surface area contributed by atoms with Gasteiger partial charge in [0, 0.05) is 6.20 Å². The average Bonchev–Trinajstić information content (AvgIpc) is 2.61. The molecule has 86 valence electrons. The number of hydrogen-bond acceptors (Lipinski definition) is 3. The number of fused-ring (bicyclic) bond motifs is 1. The lowest BCUT2D eigenvalue weighted by Crippen LogP contribution is -2.10. The van der Waals surface area contributed by atoms with Crippen LogP contribution >= 0.6 is 0 Å². The first-order chi connectivity index (χ1) is 7.54. The fourth-order valence-corrected chi connectivity index (χ4v) is 1.46. The monoisotopic (exact) mass is 230 g/mol. The highest BCUT2D eigenvalue weighted by Crippen LogP contribution is 2.31. The van der Waals surface area contributed by atoms with Gasteiger partial charge in [0.1, 0.15) is 5.56 Å². The predicted octanol–water partition coefficient (Wildman–Crippen LogP) is 1.47. The van der Waals surface area contributed by atoms with Crippen molar-refractivity contribution < 1.29 is 13.2 Å². The minimum absolute atomic E-state index is 0.166. The maximum absolute atomic E-state index is 12.6. The van der Waals surface area contributed by atoms with Crippen LogP contribution in [-0.4, -0.2) is 21.6 Å². The van der Waals surface area contributed by atoms with Crippen LogP contribution in [0.15, 0.2) is 18.3 Å². The van der Waals surface area contributed by atoms with Gasteiger partial charge in [-0.3, -0.25) is 4.40 Å². The van der Waals surface area contributed by atoms with E-state index in [0.717, 1.165) is 6.07 Å². The van der Waals surface area contributed by atoms with Gasteiger partial charge in [-0.05, 0) is 19.2 Å². The molecular formula is C9H9F3N4. The summed E-state index contributed by atoms with van der Waals surface area (Å²) in [5.74, 6) is 0.448. The van der Waals surface area contributed by atoms with Crippen molar-refractivity contribution in [2.24, 2.45) is 0 Å². The molecular weight excluding hydrogens is 221 g/mol. The number of halogens is 3. The Labute approximate surface area is 89.1 Å². The van der Waals surface area contributed by atoms with E-state index in [-0.39, 0.29) is 5.65 Å². The fraction of sp³-hybridized carbons (Fsp3) is 0.333. The first-order valence-electron chi connectivity index (χ1n) is 4.58. The van der Waals surface area contributed by atoms with E-state index in [2.05, 4.69) is 15.5 Å². The predicted molar refractivity (Wildman–Crippen MR) is 50.8 cm³/mol. The molecule has 2 rings (SSSR count). The van der Waals surface area contributed by atoms with Gasteiger partial charge in [-0.2, -0.15) is 13.2 Å². The van der Waals surface area contributed by atoms with Gasteiger partial charge in [0.25, 0.3) is 0 Å². The number of nitrogens with one attached hydrogen (secondary N) is 1. The summed E-state index contributed by atoms with van der Waals surface area (Å²) >= 11 is 0. The molecule has 0 aromatic carbocycles. The van der Waals surface area contributed by atoms with Crippen molar-refractivity contribution in [3.8, 4) is 0 Å². The summed E-state index contributed by atoms with van der Waals surface area (Å²) in [5, 5.41) is 10.1. The smallest absolute Gasteiger partial charge is 0.313 e. The van der Waals surface area contributed by atoms with Crippen molar-refractivity contribution >= 4 is 5.65 Å². The molecule has 7 heteroatoms. The zero-order chi connectivity index (χ0) is 11.8. The van der Waals surface area contributed by atoms with Gasteiger partial charge < -0.3 is 5.32 Å². The van der Waals surface area contributed by atoms with Crippen LogP contribution in [0.4, 0.5) is 13.2 Å². The van der Waals surface area contributed by atoms with E-state index in [1.165, 1.54) is 16.7 Å². The lowest BCUT2D eigenvalue weighted by Gasteiger charge is -2.07. The normalized spacial score (nSPS) is 12.2. The molecule has 2 heterocycles. The molecule has 0 atom stereocenters. The van der Waals surface area contributed by atoms with Crippen LogP contribution in [0.25, 0.3) is 5.65 Å². The third-order valence-electron chi connectivity index (χ3n) is 2.15. The van der Waals surface area contributed by atoms with Crippen molar-refractivity contribution in [1.82, 2.24) is 19.9 Å². The van der Waals surface area contributed by atoms with Gasteiger partial charge in [0.05, 0.1) is 6.54 Å². The molecule has 0 spiro atoms. The Bertz CT molecular complexity index is 503. The van der Waals surface area contributed by atoms with Gasteiger partial charge in [0.2, 0.25) is 0 Å². The summed E-state index contributed by atoms with van der Waals surface area (Å²) in [6.07, 6.45) is -2.90. The molecule has 0 fully saturated rings. The third kappa shape index (κ3) is 1.73. The molecule has 0 saturated heterocycles. The van der Waals surface area contributed by atoms with Gasteiger partial charge in [-0.15, -0.1) is 10.2 Å². The fourth-order valence-electron chi connectivity index (χ4n) is 1.46. The largest absolute Gasteiger partial charge is 0.420 e. The van der Waals surface area contributed by atoms with E-state index < -0.39 is 11.7 Å². The Morgan fingerprint density at radius 1 is 1.38 bits per heavy atom. The number of alkyl halides is 3. The Balaban J connectivity index is 2.62. The number of aromatic nitrogens is 3. The minimum atomic E-state index is -4.41. The molecule has 0 aliphatic rings. The van der Waals surface area contributed by atoms with Crippen LogP contribution in [0.5, 0.6) is 0 Å². The van der Waals surface area contributed by atoms with Crippen LogP contribution in [-0.2, 0) is 12.7 Å². The summed E-state index contributed by atoms with van der Waals surface area (Å²) in [4.78, 5) is 0.